The maximum absolute atomic E-state index is 13.5. The van der Waals surface area contributed by atoms with Crippen molar-refractivity contribution in [1.82, 2.24) is 14.7 Å². The average Bonchev–Trinajstić information content (AvgIpc) is 3.60. The predicted molar refractivity (Wildman–Crippen MR) is 130 cm³/mol. The number of hydrogen-bond donors (Lipinski definition) is 1. The van der Waals surface area contributed by atoms with E-state index in [0.29, 0.717) is 30.8 Å². The van der Waals surface area contributed by atoms with E-state index in [1.54, 1.807) is 16.8 Å². The largest absolute Gasteiger partial charge is 0.439 e. The summed E-state index contributed by atoms with van der Waals surface area (Å²) in [6, 6.07) is 16.2. The van der Waals surface area contributed by atoms with E-state index >= 15 is 0 Å². The predicted octanol–water partition coefficient (Wildman–Crippen LogP) is 5.25. The van der Waals surface area contributed by atoms with Gasteiger partial charge in [0.2, 0.25) is 5.88 Å². The summed E-state index contributed by atoms with van der Waals surface area (Å²) in [6.07, 6.45) is 1.62. The van der Waals surface area contributed by atoms with Crippen molar-refractivity contribution in [2.45, 2.75) is 64.8 Å². The molecule has 1 saturated carbocycles. The fourth-order valence-corrected chi connectivity index (χ4v) is 3.84. The summed E-state index contributed by atoms with van der Waals surface area (Å²) in [5.74, 6) is 0.824. The Morgan fingerprint density at radius 2 is 1.79 bits per heavy atom. The van der Waals surface area contributed by atoms with Crippen molar-refractivity contribution in [2.75, 3.05) is 13.2 Å². The summed E-state index contributed by atoms with van der Waals surface area (Å²) in [7, 11) is 0. The smallest absolute Gasteiger partial charge is 0.227 e. The molecule has 1 aliphatic rings. The number of hydrogen-bond acceptors (Lipinski definition) is 5. The molecule has 0 amide bonds. The van der Waals surface area contributed by atoms with E-state index in [-0.39, 0.29) is 18.0 Å². The quantitative estimate of drug-likeness (QED) is 0.441. The van der Waals surface area contributed by atoms with Crippen LogP contribution in [0.1, 0.15) is 44.9 Å². The van der Waals surface area contributed by atoms with Gasteiger partial charge in [-0.15, -0.1) is 0 Å². The molecule has 34 heavy (non-hydrogen) atoms. The van der Waals surface area contributed by atoms with E-state index in [9.17, 15) is 9.50 Å². The van der Waals surface area contributed by atoms with Gasteiger partial charge in [-0.05, 0) is 76.9 Å². The topological polar surface area (TPSA) is 59.8 Å². The molecule has 0 aliphatic heterocycles. The number of rotatable bonds is 10. The van der Waals surface area contributed by atoms with E-state index in [2.05, 4.69) is 4.90 Å². The van der Waals surface area contributed by atoms with Crippen molar-refractivity contribution < 1.29 is 19.0 Å². The Kier molecular flexibility index (Phi) is 7.36. The molecule has 7 heteroatoms. The molecule has 0 radical (unpaired) electrons. The summed E-state index contributed by atoms with van der Waals surface area (Å²) in [4.78, 5) is 2.29. The first kappa shape index (κ1) is 24.4. The molecule has 2 aromatic carbocycles. The van der Waals surface area contributed by atoms with E-state index in [4.69, 9.17) is 14.6 Å². The summed E-state index contributed by atoms with van der Waals surface area (Å²) >= 11 is 0. The fraction of sp³-hybridized carbons (Fsp3) is 0.444. The lowest BCUT2D eigenvalue weighted by atomic mass is 10.2. The van der Waals surface area contributed by atoms with Gasteiger partial charge in [0.1, 0.15) is 11.6 Å². The van der Waals surface area contributed by atoms with Gasteiger partial charge in [-0.25, -0.2) is 9.07 Å². The maximum Gasteiger partial charge on any atom is 0.227 e. The third-order valence-corrected chi connectivity index (χ3v) is 5.74. The van der Waals surface area contributed by atoms with Crippen LogP contribution < -0.4 is 4.74 Å². The number of nitrogens with zero attached hydrogens (tertiary/aromatic N) is 3. The molecular formula is C27H34FN3O3. The Labute approximate surface area is 200 Å². The van der Waals surface area contributed by atoms with E-state index in [1.807, 2.05) is 58.0 Å². The van der Waals surface area contributed by atoms with E-state index in [0.717, 1.165) is 29.8 Å². The molecule has 6 nitrogen and oxygen atoms in total. The van der Waals surface area contributed by atoms with Crippen molar-refractivity contribution in [2.24, 2.45) is 0 Å². The molecule has 1 heterocycles. The number of aryl methyl sites for hydroxylation is 1. The maximum atomic E-state index is 13.5. The molecule has 0 unspecified atom stereocenters. The lowest BCUT2D eigenvalue weighted by Crippen LogP contribution is -2.38. The fourth-order valence-electron chi connectivity index (χ4n) is 3.84. The Balaban J connectivity index is 1.61. The van der Waals surface area contributed by atoms with Crippen molar-refractivity contribution in [1.29, 1.82) is 0 Å². The van der Waals surface area contributed by atoms with Crippen molar-refractivity contribution in [3.63, 3.8) is 0 Å². The van der Waals surface area contributed by atoms with Gasteiger partial charge in [-0.2, -0.15) is 5.10 Å². The lowest BCUT2D eigenvalue weighted by Gasteiger charge is -2.27. The van der Waals surface area contributed by atoms with Gasteiger partial charge in [-0.3, -0.25) is 4.90 Å². The molecule has 4 rings (SSSR count). The van der Waals surface area contributed by atoms with Gasteiger partial charge < -0.3 is 14.6 Å². The van der Waals surface area contributed by atoms with Crippen LogP contribution in [0, 0.1) is 12.7 Å². The second-order valence-electron chi connectivity index (χ2n) is 9.91. The SMILES string of the molecule is Cc1nn(-c2ccccc2)c(Oc2ccc(F)cc2)c1CN(C[C@H](O)COC(C)(C)C)C1CC1. The van der Waals surface area contributed by atoms with Gasteiger partial charge in [-0.1, -0.05) is 18.2 Å². The second kappa shape index (κ2) is 10.3. The highest BCUT2D eigenvalue weighted by Gasteiger charge is 2.33. The molecule has 1 aliphatic carbocycles. The molecule has 3 aromatic rings. The third kappa shape index (κ3) is 6.44. The standard InChI is InChI=1S/C27H34FN3O3/c1-19-25(17-30(21-12-13-21)16-23(32)18-33-27(2,3)4)26(34-24-14-10-20(28)11-15-24)31(29-19)22-8-6-5-7-9-22/h5-11,14-15,21,23,32H,12-13,16-18H2,1-4H3/t23-/m0/s1. The number of aliphatic hydroxyl groups excluding tert-OH is 1. The Hall–Kier alpha value is -2.74. The number of para-hydroxylation sites is 1. The molecular weight excluding hydrogens is 433 g/mol. The van der Waals surface area contributed by atoms with Crippen molar-refractivity contribution in [3.05, 3.63) is 71.7 Å². The molecule has 0 bridgehead atoms. The van der Waals surface area contributed by atoms with Gasteiger partial charge in [0.15, 0.2) is 0 Å². The number of halogens is 1. The normalized spacial score (nSPS) is 15.0. The highest BCUT2D eigenvalue weighted by Crippen LogP contribution is 2.35. The van der Waals surface area contributed by atoms with Crippen LogP contribution in [-0.2, 0) is 11.3 Å². The van der Waals surface area contributed by atoms with Crippen LogP contribution in [0.25, 0.3) is 5.69 Å². The summed E-state index contributed by atoms with van der Waals surface area (Å²) in [5, 5.41) is 15.4. The number of aliphatic hydroxyl groups is 1. The average molecular weight is 468 g/mol. The second-order valence-corrected chi connectivity index (χ2v) is 9.91. The van der Waals surface area contributed by atoms with Crippen molar-refractivity contribution >= 4 is 0 Å². The first-order valence-electron chi connectivity index (χ1n) is 11.8. The number of ether oxygens (including phenoxy) is 2. The van der Waals surface area contributed by atoms with Crippen LogP contribution in [0.2, 0.25) is 0 Å². The van der Waals surface area contributed by atoms with Gasteiger partial charge in [0, 0.05) is 19.1 Å². The molecule has 182 valence electrons. The van der Waals surface area contributed by atoms with Crippen LogP contribution in [0.5, 0.6) is 11.6 Å². The first-order chi connectivity index (χ1) is 16.2. The zero-order chi connectivity index (χ0) is 24.3. The van der Waals surface area contributed by atoms with Crippen LogP contribution in [0.3, 0.4) is 0 Å². The van der Waals surface area contributed by atoms with E-state index in [1.165, 1.54) is 12.1 Å². The highest BCUT2D eigenvalue weighted by atomic mass is 19.1. The summed E-state index contributed by atoms with van der Waals surface area (Å²) in [6.45, 7) is 9.31. The Morgan fingerprint density at radius 1 is 1.12 bits per heavy atom. The Morgan fingerprint density at radius 3 is 2.41 bits per heavy atom. The monoisotopic (exact) mass is 467 g/mol. The minimum absolute atomic E-state index is 0.286. The minimum Gasteiger partial charge on any atom is -0.439 e. The van der Waals surface area contributed by atoms with Gasteiger partial charge in [0.05, 0.1) is 35.3 Å². The molecule has 1 N–H and O–H groups in total. The van der Waals surface area contributed by atoms with Crippen LogP contribution in [-0.4, -0.2) is 50.7 Å². The lowest BCUT2D eigenvalue weighted by molar-refractivity contribution is -0.0573. The van der Waals surface area contributed by atoms with Crippen LogP contribution in [0.4, 0.5) is 4.39 Å². The van der Waals surface area contributed by atoms with Crippen LogP contribution >= 0.6 is 0 Å². The Bertz CT molecular complexity index is 1070. The van der Waals surface area contributed by atoms with Gasteiger partial charge >= 0.3 is 0 Å². The molecule has 0 spiro atoms. The van der Waals surface area contributed by atoms with Gasteiger partial charge in [0.25, 0.3) is 0 Å². The first-order valence-corrected chi connectivity index (χ1v) is 11.8. The third-order valence-electron chi connectivity index (χ3n) is 5.74. The molecule has 1 atom stereocenters. The zero-order valence-electron chi connectivity index (χ0n) is 20.4. The van der Waals surface area contributed by atoms with Crippen molar-refractivity contribution in [3.8, 4) is 17.3 Å². The minimum atomic E-state index is -0.592. The van der Waals surface area contributed by atoms with Crippen LogP contribution in [0.15, 0.2) is 54.6 Å². The summed E-state index contributed by atoms with van der Waals surface area (Å²) in [5.41, 5.74) is 2.39. The molecule has 1 aromatic heterocycles. The molecule has 1 fully saturated rings. The number of benzene rings is 2. The van der Waals surface area contributed by atoms with E-state index < -0.39 is 6.10 Å². The highest BCUT2D eigenvalue weighted by molar-refractivity contribution is 5.43. The zero-order valence-corrected chi connectivity index (χ0v) is 20.4. The molecule has 0 saturated heterocycles. The summed E-state index contributed by atoms with van der Waals surface area (Å²) < 4.78 is 27.3. The number of aromatic nitrogens is 2.